The standard InChI is InChI=1S/C18H25NO4/c1-5-22-16(20)15(19-17(21)23-18(2,3)4)14-11-10-12-8-6-7-9-13(12)14/h6-9,14-15H,5,10-11H2,1-4H3,(H,19,21)/t14-,15-/m0/s1. The minimum Gasteiger partial charge on any atom is -0.464 e. The molecule has 5 heteroatoms. The Bertz CT molecular complexity index is 577. The molecule has 0 radical (unpaired) electrons. The van der Waals surface area contributed by atoms with Gasteiger partial charge in [0.2, 0.25) is 0 Å². The van der Waals surface area contributed by atoms with Crippen LogP contribution in [0.25, 0.3) is 0 Å². The lowest BCUT2D eigenvalue weighted by Crippen LogP contribution is -2.47. The number of hydrogen-bond acceptors (Lipinski definition) is 4. The number of hydrogen-bond donors (Lipinski definition) is 1. The Morgan fingerprint density at radius 2 is 2.00 bits per heavy atom. The Morgan fingerprint density at radius 1 is 1.30 bits per heavy atom. The second-order valence-corrected chi connectivity index (χ2v) is 6.72. The van der Waals surface area contributed by atoms with Crippen molar-refractivity contribution >= 4 is 12.1 Å². The Kier molecular flexibility index (Phi) is 5.29. The normalized spacial score (nSPS) is 18.0. The van der Waals surface area contributed by atoms with Gasteiger partial charge in [-0.05, 0) is 51.7 Å². The molecule has 1 aliphatic carbocycles. The van der Waals surface area contributed by atoms with Crippen molar-refractivity contribution < 1.29 is 19.1 Å². The van der Waals surface area contributed by atoms with Crippen LogP contribution in [0.4, 0.5) is 4.79 Å². The maximum atomic E-state index is 12.3. The zero-order valence-electron chi connectivity index (χ0n) is 14.2. The average molecular weight is 319 g/mol. The SMILES string of the molecule is CCOC(=O)[C@@H](NC(=O)OC(C)(C)C)[C@H]1CCc2ccccc21. The van der Waals surface area contributed by atoms with Crippen LogP contribution in [0.2, 0.25) is 0 Å². The summed E-state index contributed by atoms with van der Waals surface area (Å²) in [7, 11) is 0. The number of carbonyl (C=O) groups is 2. The minimum atomic E-state index is -0.728. The van der Waals surface area contributed by atoms with Crippen molar-refractivity contribution in [2.24, 2.45) is 0 Å². The maximum Gasteiger partial charge on any atom is 0.408 e. The molecule has 0 fully saturated rings. The molecule has 1 aromatic rings. The predicted molar refractivity (Wildman–Crippen MR) is 87.3 cm³/mol. The fourth-order valence-corrected chi connectivity index (χ4v) is 2.93. The van der Waals surface area contributed by atoms with Gasteiger partial charge in [0.15, 0.2) is 0 Å². The van der Waals surface area contributed by atoms with E-state index in [9.17, 15) is 9.59 Å². The Balaban J connectivity index is 2.19. The van der Waals surface area contributed by atoms with Crippen molar-refractivity contribution in [2.75, 3.05) is 6.61 Å². The molecule has 0 spiro atoms. The smallest absolute Gasteiger partial charge is 0.408 e. The number of fused-ring (bicyclic) bond motifs is 1. The highest BCUT2D eigenvalue weighted by Crippen LogP contribution is 2.35. The Hall–Kier alpha value is -2.04. The molecular weight excluding hydrogens is 294 g/mol. The summed E-state index contributed by atoms with van der Waals surface area (Å²) in [5.74, 6) is -0.502. The summed E-state index contributed by atoms with van der Waals surface area (Å²) >= 11 is 0. The Labute approximate surface area is 137 Å². The molecule has 0 aromatic heterocycles. The van der Waals surface area contributed by atoms with Crippen molar-refractivity contribution in [1.29, 1.82) is 0 Å². The quantitative estimate of drug-likeness (QED) is 0.866. The number of carbonyl (C=O) groups excluding carboxylic acids is 2. The van der Waals surface area contributed by atoms with Crippen LogP contribution in [0.15, 0.2) is 24.3 Å². The molecule has 5 nitrogen and oxygen atoms in total. The third kappa shape index (κ3) is 4.47. The van der Waals surface area contributed by atoms with E-state index in [1.165, 1.54) is 5.56 Å². The number of nitrogens with one attached hydrogen (secondary N) is 1. The minimum absolute atomic E-state index is 0.0854. The van der Waals surface area contributed by atoms with Gasteiger partial charge < -0.3 is 14.8 Å². The molecule has 1 amide bonds. The van der Waals surface area contributed by atoms with Crippen molar-refractivity contribution in [3.8, 4) is 0 Å². The van der Waals surface area contributed by atoms with Crippen molar-refractivity contribution in [3.05, 3.63) is 35.4 Å². The van der Waals surface area contributed by atoms with Gasteiger partial charge in [-0.25, -0.2) is 9.59 Å². The summed E-state index contributed by atoms with van der Waals surface area (Å²) in [5.41, 5.74) is 1.70. The lowest BCUT2D eigenvalue weighted by atomic mass is 9.93. The topological polar surface area (TPSA) is 64.6 Å². The van der Waals surface area contributed by atoms with Crippen molar-refractivity contribution in [3.63, 3.8) is 0 Å². The van der Waals surface area contributed by atoms with Crippen LogP contribution in [0.1, 0.15) is 51.2 Å². The Morgan fingerprint density at radius 3 is 2.65 bits per heavy atom. The zero-order valence-corrected chi connectivity index (χ0v) is 14.2. The molecule has 1 aliphatic rings. The molecule has 1 N–H and O–H groups in total. The monoisotopic (exact) mass is 319 g/mol. The highest BCUT2D eigenvalue weighted by atomic mass is 16.6. The lowest BCUT2D eigenvalue weighted by Gasteiger charge is -2.26. The summed E-state index contributed by atoms with van der Waals surface area (Å²) in [4.78, 5) is 24.5. The van der Waals surface area contributed by atoms with Crippen molar-refractivity contribution in [2.45, 2.75) is 58.1 Å². The fourth-order valence-electron chi connectivity index (χ4n) is 2.93. The largest absolute Gasteiger partial charge is 0.464 e. The van der Waals surface area contributed by atoms with Gasteiger partial charge in [0.1, 0.15) is 11.6 Å². The third-order valence-electron chi connectivity index (χ3n) is 3.79. The van der Waals surface area contributed by atoms with E-state index in [0.29, 0.717) is 0 Å². The van der Waals surface area contributed by atoms with Crippen LogP contribution in [0, 0.1) is 0 Å². The zero-order chi connectivity index (χ0) is 17.0. The van der Waals surface area contributed by atoms with E-state index in [4.69, 9.17) is 9.47 Å². The van der Waals surface area contributed by atoms with Crippen LogP contribution in [0.3, 0.4) is 0 Å². The van der Waals surface area contributed by atoms with E-state index in [0.717, 1.165) is 18.4 Å². The van der Waals surface area contributed by atoms with Gasteiger partial charge in [-0.2, -0.15) is 0 Å². The number of amides is 1. The molecule has 0 bridgehead atoms. The molecular formula is C18H25NO4. The van der Waals surface area contributed by atoms with E-state index >= 15 is 0 Å². The summed E-state index contributed by atoms with van der Waals surface area (Å²) in [6, 6.07) is 7.28. The average Bonchev–Trinajstić information content (AvgIpc) is 2.87. The summed E-state index contributed by atoms with van der Waals surface area (Å²) in [6.45, 7) is 7.40. The van der Waals surface area contributed by atoms with Crippen molar-refractivity contribution in [1.82, 2.24) is 5.32 Å². The van der Waals surface area contributed by atoms with Crippen LogP contribution in [-0.4, -0.2) is 30.3 Å². The molecule has 2 atom stereocenters. The van der Waals surface area contributed by atoms with Crippen LogP contribution >= 0.6 is 0 Å². The molecule has 1 aromatic carbocycles. The number of ether oxygens (including phenoxy) is 2. The molecule has 2 rings (SSSR count). The van der Waals surface area contributed by atoms with E-state index in [1.54, 1.807) is 27.7 Å². The van der Waals surface area contributed by atoms with E-state index in [-0.39, 0.29) is 12.5 Å². The maximum absolute atomic E-state index is 12.3. The molecule has 0 heterocycles. The predicted octanol–water partition coefficient (Wildman–Crippen LogP) is 3.17. The van der Waals surface area contributed by atoms with Crippen LogP contribution < -0.4 is 5.32 Å². The first kappa shape index (κ1) is 17.3. The summed E-state index contributed by atoms with van der Waals surface area (Å²) in [5, 5.41) is 2.71. The molecule has 0 aliphatic heterocycles. The first-order valence-corrected chi connectivity index (χ1v) is 8.05. The molecule has 0 unspecified atom stereocenters. The molecule has 23 heavy (non-hydrogen) atoms. The van der Waals surface area contributed by atoms with E-state index in [1.807, 2.05) is 18.2 Å². The van der Waals surface area contributed by atoms with E-state index in [2.05, 4.69) is 11.4 Å². The van der Waals surface area contributed by atoms with Crippen LogP contribution in [-0.2, 0) is 20.7 Å². The third-order valence-corrected chi connectivity index (χ3v) is 3.79. The number of benzene rings is 1. The number of alkyl carbamates (subject to hydrolysis) is 1. The van der Waals surface area contributed by atoms with Gasteiger partial charge in [0.25, 0.3) is 0 Å². The van der Waals surface area contributed by atoms with Gasteiger partial charge in [0, 0.05) is 5.92 Å². The van der Waals surface area contributed by atoms with E-state index < -0.39 is 23.7 Å². The second kappa shape index (κ2) is 7.02. The highest BCUT2D eigenvalue weighted by Gasteiger charge is 2.37. The van der Waals surface area contributed by atoms with Crippen LogP contribution in [0.5, 0.6) is 0 Å². The first-order chi connectivity index (χ1) is 10.8. The highest BCUT2D eigenvalue weighted by molar-refractivity contribution is 5.83. The lowest BCUT2D eigenvalue weighted by molar-refractivity contribution is -0.146. The second-order valence-electron chi connectivity index (χ2n) is 6.72. The summed E-state index contributed by atoms with van der Waals surface area (Å²) < 4.78 is 10.4. The van der Waals surface area contributed by atoms with Gasteiger partial charge in [-0.3, -0.25) is 0 Å². The molecule has 0 saturated carbocycles. The van der Waals surface area contributed by atoms with Gasteiger partial charge in [0.05, 0.1) is 6.61 Å². The van der Waals surface area contributed by atoms with Gasteiger partial charge >= 0.3 is 12.1 Å². The number of rotatable bonds is 4. The number of esters is 1. The van der Waals surface area contributed by atoms with Gasteiger partial charge in [-0.1, -0.05) is 24.3 Å². The van der Waals surface area contributed by atoms with Gasteiger partial charge in [-0.15, -0.1) is 0 Å². The first-order valence-electron chi connectivity index (χ1n) is 8.05. The number of aryl methyl sites for hydroxylation is 1. The molecule has 0 saturated heterocycles. The fraction of sp³-hybridized carbons (Fsp3) is 0.556. The molecule has 126 valence electrons. The summed E-state index contributed by atoms with van der Waals surface area (Å²) in [6.07, 6.45) is 1.10.